The third-order valence-corrected chi connectivity index (χ3v) is 4.55. The van der Waals surface area contributed by atoms with Crippen LogP contribution in [-0.4, -0.2) is 34.7 Å². The predicted molar refractivity (Wildman–Crippen MR) is 80.5 cm³/mol. The molecule has 0 fully saturated rings. The van der Waals surface area contributed by atoms with Gasteiger partial charge in [0, 0.05) is 26.2 Å². The first-order chi connectivity index (χ1) is 9.77. The lowest BCUT2D eigenvalue weighted by atomic mass is 10.2. The molecular formula is C13H20ClFN2O3S. The van der Waals surface area contributed by atoms with Gasteiger partial charge in [-0.25, -0.2) is 17.5 Å². The Morgan fingerprint density at radius 3 is 2.62 bits per heavy atom. The average molecular weight is 339 g/mol. The van der Waals surface area contributed by atoms with Gasteiger partial charge in [-0.05, 0) is 17.7 Å². The summed E-state index contributed by atoms with van der Waals surface area (Å²) in [6.45, 7) is 4.49. The summed E-state index contributed by atoms with van der Waals surface area (Å²) in [4.78, 5) is -0.152. The third-order valence-electron chi connectivity index (χ3n) is 2.69. The van der Waals surface area contributed by atoms with Gasteiger partial charge in [-0.2, -0.15) is 0 Å². The lowest BCUT2D eigenvalue weighted by Gasteiger charge is -2.13. The van der Waals surface area contributed by atoms with Crippen LogP contribution in [0.3, 0.4) is 0 Å². The second-order valence-electron chi connectivity index (χ2n) is 4.80. The fourth-order valence-electron chi connectivity index (χ4n) is 1.58. The number of nitrogens with one attached hydrogen (secondary N) is 2. The summed E-state index contributed by atoms with van der Waals surface area (Å²) < 4.78 is 45.0. The van der Waals surface area contributed by atoms with Crippen molar-refractivity contribution in [1.82, 2.24) is 10.0 Å². The predicted octanol–water partition coefficient (Wildman–Crippen LogP) is 1.90. The van der Waals surface area contributed by atoms with Crippen molar-refractivity contribution < 1.29 is 17.5 Å². The van der Waals surface area contributed by atoms with E-state index in [1.807, 2.05) is 13.8 Å². The summed E-state index contributed by atoms with van der Waals surface area (Å²) in [5.41, 5.74) is 0.400. The van der Waals surface area contributed by atoms with Gasteiger partial charge in [-0.1, -0.05) is 25.4 Å². The summed E-state index contributed by atoms with van der Waals surface area (Å²) in [6, 6.07) is 2.45. The standard InChI is InChI=1S/C13H20ClFN2O3S/c1-9(2)16-8-10-6-11(7-12(15)13(10)14)21(18,19)17-4-5-20-3/h6-7,9,16-17H,4-5,8H2,1-3H3. The lowest BCUT2D eigenvalue weighted by Crippen LogP contribution is -2.28. The highest BCUT2D eigenvalue weighted by Gasteiger charge is 2.18. The number of benzene rings is 1. The fraction of sp³-hybridized carbons (Fsp3) is 0.538. The molecule has 0 aliphatic rings. The Labute approximate surface area is 129 Å². The van der Waals surface area contributed by atoms with E-state index in [2.05, 4.69) is 10.0 Å². The second-order valence-corrected chi connectivity index (χ2v) is 6.95. The van der Waals surface area contributed by atoms with Crippen LogP contribution in [-0.2, 0) is 21.3 Å². The quantitative estimate of drug-likeness (QED) is 0.710. The second kappa shape index (κ2) is 8.05. The highest BCUT2D eigenvalue weighted by Crippen LogP contribution is 2.24. The van der Waals surface area contributed by atoms with E-state index in [0.717, 1.165) is 6.07 Å². The van der Waals surface area contributed by atoms with Crippen molar-refractivity contribution in [2.24, 2.45) is 0 Å². The van der Waals surface area contributed by atoms with Gasteiger partial charge in [0.05, 0.1) is 16.5 Å². The molecule has 0 aromatic heterocycles. The normalized spacial score (nSPS) is 12.1. The molecule has 8 heteroatoms. The zero-order chi connectivity index (χ0) is 16.0. The van der Waals surface area contributed by atoms with Crippen molar-refractivity contribution in [3.63, 3.8) is 0 Å². The number of hydrogen-bond donors (Lipinski definition) is 2. The topological polar surface area (TPSA) is 67.4 Å². The molecule has 120 valence electrons. The molecule has 5 nitrogen and oxygen atoms in total. The lowest BCUT2D eigenvalue weighted by molar-refractivity contribution is 0.204. The third kappa shape index (κ3) is 5.52. The van der Waals surface area contributed by atoms with Gasteiger partial charge < -0.3 is 10.1 Å². The van der Waals surface area contributed by atoms with E-state index in [1.165, 1.54) is 13.2 Å². The first-order valence-corrected chi connectivity index (χ1v) is 8.34. The maximum absolute atomic E-state index is 13.8. The van der Waals surface area contributed by atoms with Gasteiger partial charge in [-0.15, -0.1) is 0 Å². The average Bonchev–Trinajstić information content (AvgIpc) is 2.40. The van der Waals surface area contributed by atoms with Crippen LogP contribution in [0.2, 0.25) is 5.02 Å². The maximum Gasteiger partial charge on any atom is 0.240 e. The Morgan fingerprint density at radius 2 is 2.05 bits per heavy atom. The first-order valence-electron chi connectivity index (χ1n) is 6.48. The highest BCUT2D eigenvalue weighted by atomic mass is 35.5. The number of ether oxygens (including phenoxy) is 1. The Bertz CT molecular complexity index is 579. The number of halogens is 2. The van der Waals surface area contributed by atoms with Crippen molar-refractivity contribution in [3.05, 3.63) is 28.5 Å². The van der Waals surface area contributed by atoms with Gasteiger partial charge in [-0.3, -0.25) is 0 Å². The summed E-state index contributed by atoms with van der Waals surface area (Å²) in [6.07, 6.45) is 0. The Hall–Kier alpha value is -0.730. The molecule has 0 spiro atoms. The molecule has 0 saturated heterocycles. The molecule has 0 aliphatic heterocycles. The SMILES string of the molecule is COCCNS(=O)(=O)c1cc(F)c(Cl)c(CNC(C)C)c1. The zero-order valence-electron chi connectivity index (χ0n) is 12.2. The van der Waals surface area contributed by atoms with Crippen LogP contribution in [0.25, 0.3) is 0 Å². The van der Waals surface area contributed by atoms with Crippen molar-refractivity contribution in [2.45, 2.75) is 31.3 Å². The van der Waals surface area contributed by atoms with E-state index in [-0.39, 0.29) is 35.7 Å². The summed E-state index contributed by atoms with van der Waals surface area (Å²) in [5, 5.41) is 3.00. The van der Waals surface area contributed by atoms with E-state index >= 15 is 0 Å². The van der Waals surface area contributed by atoms with E-state index in [4.69, 9.17) is 16.3 Å². The zero-order valence-corrected chi connectivity index (χ0v) is 13.8. The Morgan fingerprint density at radius 1 is 1.38 bits per heavy atom. The van der Waals surface area contributed by atoms with Crippen molar-refractivity contribution in [3.8, 4) is 0 Å². The fourth-order valence-corrected chi connectivity index (χ4v) is 2.83. The largest absolute Gasteiger partial charge is 0.383 e. The number of sulfonamides is 1. The molecule has 0 aliphatic carbocycles. The molecule has 1 aromatic carbocycles. The molecule has 0 bridgehead atoms. The van der Waals surface area contributed by atoms with Crippen LogP contribution >= 0.6 is 11.6 Å². The van der Waals surface area contributed by atoms with Crippen LogP contribution in [0.4, 0.5) is 4.39 Å². The molecule has 0 amide bonds. The van der Waals surface area contributed by atoms with Crippen LogP contribution in [0.15, 0.2) is 17.0 Å². The summed E-state index contributed by atoms with van der Waals surface area (Å²) >= 11 is 5.88. The van der Waals surface area contributed by atoms with Gasteiger partial charge in [0.2, 0.25) is 10.0 Å². The van der Waals surface area contributed by atoms with Gasteiger partial charge >= 0.3 is 0 Å². The maximum atomic E-state index is 13.8. The summed E-state index contributed by atoms with van der Waals surface area (Å²) in [5.74, 6) is -0.758. The van der Waals surface area contributed by atoms with Crippen molar-refractivity contribution >= 4 is 21.6 Å². The molecule has 0 unspecified atom stereocenters. The minimum atomic E-state index is -3.79. The van der Waals surface area contributed by atoms with Crippen LogP contribution in [0.5, 0.6) is 0 Å². The smallest absolute Gasteiger partial charge is 0.240 e. The van der Waals surface area contributed by atoms with Gasteiger partial charge in [0.15, 0.2) is 0 Å². The monoisotopic (exact) mass is 338 g/mol. The van der Waals surface area contributed by atoms with Crippen LogP contribution in [0.1, 0.15) is 19.4 Å². The number of rotatable bonds is 8. The minimum absolute atomic E-state index is 0.0704. The van der Waals surface area contributed by atoms with Crippen LogP contribution < -0.4 is 10.0 Å². The van der Waals surface area contributed by atoms with Gasteiger partial charge in [0.1, 0.15) is 5.82 Å². The molecule has 1 rings (SSSR count). The molecular weight excluding hydrogens is 319 g/mol. The molecule has 0 heterocycles. The first kappa shape index (κ1) is 18.3. The Kier molecular flexibility index (Phi) is 7.02. The van der Waals surface area contributed by atoms with E-state index in [9.17, 15) is 12.8 Å². The summed E-state index contributed by atoms with van der Waals surface area (Å²) in [7, 11) is -2.33. The molecule has 21 heavy (non-hydrogen) atoms. The molecule has 0 saturated carbocycles. The molecule has 0 atom stereocenters. The minimum Gasteiger partial charge on any atom is -0.383 e. The van der Waals surface area contributed by atoms with Gasteiger partial charge in [0.25, 0.3) is 0 Å². The highest BCUT2D eigenvalue weighted by molar-refractivity contribution is 7.89. The molecule has 0 radical (unpaired) electrons. The molecule has 2 N–H and O–H groups in total. The van der Waals surface area contributed by atoms with E-state index in [0.29, 0.717) is 5.56 Å². The Balaban J connectivity index is 3.02. The van der Waals surface area contributed by atoms with E-state index in [1.54, 1.807) is 0 Å². The van der Waals surface area contributed by atoms with E-state index < -0.39 is 15.8 Å². The van der Waals surface area contributed by atoms with Crippen molar-refractivity contribution in [1.29, 1.82) is 0 Å². The van der Waals surface area contributed by atoms with Crippen molar-refractivity contribution in [2.75, 3.05) is 20.3 Å². The molecule has 1 aromatic rings. The number of hydrogen-bond acceptors (Lipinski definition) is 4. The number of methoxy groups -OCH3 is 1. The van der Waals surface area contributed by atoms with Crippen LogP contribution in [0, 0.1) is 5.82 Å².